The van der Waals surface area contributed by atoms with Crippen LogP contribution in [-0.4, -0.2) is 52.8 Å². The Morgan fingerprint density at radius 1 is 1.00 bits per heavy atom. The highest BCUT2D eigenvalue weighted by Gasteiger charge is 2.46. The number of imide groups is 1. The Morgan fingerprint density at radius 3 is 2.48 bits per heavy atom. The van der Waals surface area contributed by atoms with Gasteiger partial charge in [0.25, 0.3) is 5.91 Å². The number of benzene rings is 2. The first kappa shape index (κ1) is 17.7. The average Bonchev–Trinajstić information content (AvgIpc) is 2.91. The van der Waals surface area contributed by atoms with E-state index in [1.165, 1.54) is 16.0 Å². The molecule has 140 valence electrons. The van der Waals surface area contributed by atoms with E-state index >= 15 is 0 Å². The maximum Gasteiger partial charge on any atom is 0.327 e. The zero-order valence-corrected chi connectivity index (χ0v) is 15.7. The third kappa shape index (κ3) is 3.60. The van der Waals surface area contributed by atoms with Crippen LogP contribution >= 0.6 is 0 Å². The number of carbonyl (C=O) groups excluding carboxylic acids is 2. The van der Waals surface area contributed by atoms with Gasteiger partial charge in [-0.05, 0) is 36.7 Å². The molecular weight excluding hydrogens is 338 g/mol. The summed E-state index contributed by atoms with van der Waals surface area (Å²) in [7, 11) is 2.07. The molecule has 27 heavy (non-hydrogen) atoms. The van der Waals surface area contributed by atoms with Gasteiger partial charge in [-0.25, -0.2) is 4.79 Å². The number of amides is 3. The Hall–Kier alpha value is -2.66. The maximum atomic E-state index is 12.8. The largest absolute Gasteiger partial charge is 0.327 e. The summed E-state index contributed by atoms with van der Waals surface area (Å²) in [6, 6.07) is 18.0. The Kier molecular flexibility index (Phi) is 4.94. The van der Waals surface area contributed by atoms with E-state index in [9.17, 15) is 9.59 Å². The van der Waals surface area contributed by atoms with Gasteiger partial charge in [-0.3, -0.25) is 9.69 Å². The third-order valence-electron chi connectivity index (χ3n) is 5.49. The van der Waals surface area contributed by atoms with Crippen molar-refractivity contribution in [2.24, 2.45) is 0 Å². The van der Waals surface area contributed by atoms with Crippen molar-refractivity contribution in [3.05, 3.63) is 71.3 Å². The van der Waals surface area contributed by atoms with Crippen LogP contribution in [0.2, 0.25) is 0 Å². The zero-order chi connectivity index (χ0) is 18.8. The molecule has 1 fully saturated rings. The summed E-state index contributed by atoms with van der Waals surface area (Å²) in [6.45, 7) is 2.74. The van der Waals surface area contributed by atoms with E-state index in [1.807, 2.05) is 36.4 Å². The van der Waals surface area contributed by atoms with Gasteiger partial charge in [0.05, 0.1) is 0 Å². The Labute approximate surface area is 160 Å². The van der Waals surface area contributed by atoms with Crippen molar-refractivity contribution >= 4 is 11.9 Å². The summed E-state index contributed by atoms with van der Waals surface area (Å²) >= 11 is 0. The van der Waals surface area contributed by atoms with Crippen molar-refractivity contribution in [1.82, 2.24) is 14.7 Å². The van der Waals surface area contributed by atoms with Crippen molar-refractivity contribution in [1.29, 1.82) is 0 Å². The lowest BCUT2D eigenvalue weighted by Gasteiger charge is -2.28. The van der Waals surface area contributed by atoms with Gasteiger partial charge in [0.15, 0.2) is 0 Å². The van der Waals surface area contributed by atoms with E-state index in [4.69, 9.17) is 0 Å². The average molecular weight is 363 g/mol. The van der Waals surface area contributed by atoms with E-state index in [1.54, 1.807) is 4.90 Å². The molecule has 2 aromatic carbocycles. The highest BCUT2D eigenvalue weighted by atomic mass is 16.2. The second kappa shape index (κ2) is 7.53. The third-order valence-corrected chi connectivity index (χ3v) is 5.49. The molecule has 0 N–H and O–H groups in total. The van der Waals surface area contributed by atoms with Gasteiger partial charge in [-0.1, -0.05) is 54.6 Å². The zero-order valence-electron chi connectivity index (χ0n) is 15.7. The van der Waals surface area contributed by atoms with E-state index in [0.717, 1.165) is 25.1 Å². The van der Waals surface area contributed by atoms with Gasteiger partial charge in [-0.2, -0.15) is 0 Å². The molecule has 5 nitrogen and oxygen atoms in total. The highest BCUT2D eigenvalue weighted by molar-refractivity contribution is 6.04. The molecule has 0 unspecified atom stereocenters. The van der Waals surface area contributed by atoms with Crippen LogP contribution in [0.1, 0.15) is 23.1 Å². The molecule has 2 aliphatic heterocycles. The molecule has 4 rings (SSSR count). The van der Waals surface area contributed by atoms with Crippen LogP contribution in [0.3, 0.4) is 0 Å². The molecule has 0 saturated carbocycles. The molecule has 0 bridgehead atoms. The lowest BCUT2D eigenvalue weighted by atomic mass is 9.95. The fourth-order valence-corrected chi connectivity index (χ4v) is 4.05. The van der Waals surface area contributed by atoms with Crippen LogP contribution < -0.4 is 0 Å². The number of nitrogens with zero attached hydrogens (tertiary/aromatic N) is 3. The second-order valence-corrected chi connectivity index (χ2v) is 7.47. The Morgan fingerprint density at radius 2 is 1.70 bits per heavy atom. The minimum absolute atomic E-state index is 0.0415. The molecule has 1 atom stereocenters. The van der Waals surface area contributed by atoms with Crippen molar-refractivity contribution in [2.45, 2.75) is 32.0 Å². The van der Waals surface area contributed by atoms with Crippen LogP contribution in [-0.2, 0) is 24.3 Å². The Balaban J connectivity index is 1.33. The minimum Gasteiger partial charge on any atom is -0.308 e. The van der Waals surface area contributed by atoms with Crippen molar-refractivity contribution in [2.75, 3.05) is 20.1 Å². The molecule has 5 heteroatoms. The fraction of sp³-hybridized carbons (Fsp3) is 0.364. The monoisotopic (exact) mass is 363 g/mol. The smallest absolute Gasteiger partial charge is 0.308 e. The summed E-state index contributed by atoms with van der Waals surface area (Å²) in [4.78, 5) is 30.9. The fourth-order valence-electron chi connectivity index (χ4n) is 4.05. The van der Waals surface area contributed by atoms with Crippen LogP contribution in [0.4, 0.5) is 4.79 Å². The molecule has 2 aliphatic rings. The lowest BCUT2D eigenvalue weighted by molar-refractivity contribution is -0.128. The number of hydrogen-bond donors (Lipinski definition) is 0. The second-order valence-electron chi connectivity index (χ2n) is 7.47. The maximum absolute atomic E-state index is 12.8. The Bertz CT molecular complexity index is 793. The number of hydrogen-bond acceptors (Lipinski definition) is 3. The molecule has 0 spiro atoms. The predicted molar refractivity (Wildman–Crippen MR) is 104 cm³/mol. The number of fused-ring (bicyclic) bond motifs is 2. The van der Waals surface area contributed by atoms with Gasteiger partial charge < -0.3 is 9.80 Å². The van der Waals surface area contributed by atoms with Gasteiger partial charge in [0.2, 0.25) is 0 Å². The van der Waals surface area contributed by atoms with E-state index in [0.29, 0.717) is 19.5 Å². The van der Waals surface area contributed by atoms with Crippen LogP contribution in [0.5, 0.6) is 0 Å². The summed E-state index contributed by atoms with van der Waals surface area (Å²) < 4.78 is 0. The number of carbonyl (C=O) groups is 2. The normalized spacial score (nSPS) is 18.8. The quantitative estimate of drug-likeness (QED) is 0.741. The first-order valence-corrected chi connectivity index (χ1v) is 9.55. The van der Waals surface area contributed by atoms with E-state index < -0.39 is 0 Å². The number of rotatable bonds is 6. The van der Waals surface area contributed by atoms with Crippen molar-refractivity contribution < 1.29 is 9.59 Å². The topological polar surface area (TPSA) is 43.9 Å². The van der Waals surface area contributed by atoms with Crippen molar-refractivity contribution in [3.8, 4) is 0 Å². The van der Waals surface area contributed by atoms with Gasteiger partial charge in [-0.15, -0.1) is 0 Å². The summed E-state index contributed by atoms with van der Waals surface area (Å²) in [6.07, 6.45) is 1.42. The number of urea groups is 1. The molecule has 0 radical (unpaired) electrons. The van der Waals surface area contributed by atoms with Crippen molar-refractivity contribution in [3.63, 3.8) is 0 Å². The predicted octanol–water partition coefficient (Wildman–Crippen LogP) is 2.90. The first-order chi connectivity index (χ1) is 13.1. The summed E-state index contributed by atoms with van der Waals surface area (Å²) in [5.74, 6) is -0.0415. The van der Waals surface area contributed by atoms with E-state index in [-0.39, 0.29) is 18.0 Å². The van der Waals surface area contributed by atoms with Crippen LogP contribution in [0.25, 0.3) is 0 Å². The highest BCUT2D eigenvalue weighted by Crippen LogP contribution is 2.29. The molecular formula is C22H25N3O2. The summed E-state index contributed by atoms with van der Waals surface area (Å²) in [5, 5.41) is 0. The molecule has 2 aromatic rings. The molecule has 0 aromatic heterocycles. The standard InChI is InChI=1S/C22H25N3O2/c1-23(15-17-8-3-2-4-9-17)12-7-13-24-21(26)20-14-18-10-5-6-11-19(18)16-25(20)22(24)27/h2-6,8-11,20H,7,12-16H2,1H3/t20-/m0/s1. The molecule has 1 saturated heterocycles. The van der Waals surface area contributed by atoms with Crippen LogP contribution in [0, 0.1) is 0 Å². The SMILES string of the molecule is CN(CCCN1C(=O)[C@@H]2Cc3ccccc3CN2C1=O)Cc1ccccc1. The first-order valence-electron chi connectivity index (χ1n) is 9.55. The van der Waals surface area contributed by atoms with Gasteiger partial charge in [0, 0.05) is 26.1 Å². The summed E-state index contributed by atoms with van der Waals surface area (Å²) in [5.41, 5.74) is 3.60. The van der Waals surface area contributed by atoms with Gasteiger partial charge in [0.1, 0.15) is 6.04 Å². The molecule has 0 aliphatic carbocycles. The molecule has 3 amide bonds. The van der Waals surface area contributed by atoms with Gasteiger partial charge >= 0.3 is 6.03 Å². The molecule has 2 heterocycles. The van der Waals surface area contributed by atoms with Crippen LogP contribution in [0.15, 0.2) is 54.6 Å². The lowest BCUT2D eigenvalue weighted by Crippen LogP contribution is -2.39. The van der Waals surface area contributed by atoms with E-state index in [2.05, 4.69) is 30.1 Å². The minimum atomic E-state index is -0.325.